The molecular weight excluding hydrogens is 222 g/mol. The van der Waals surface area contributed by atoms with Crippen molar-refractivity contribution in [3.63, 3.8) is 0 Å². The molecule has 1 heterocycles. The molecule has 2 rings (SSSR count). The highest BCUT2D eigenvalue weighted by Crippen LogP contribution is 2.39. The van der Waals surface area contributed by atoms with Crippen LogP contribution < -0.4 is 0 Å². The third-order valence-electron chi connectivity index (χ3n) is 4.25. The van der Waals surface area contributed by atoms with Crippen molar-refractivity contribution in [2.45, 2.75) is 45.4 Å². The monoisotopic (exact) mass is 243 g/mol. The topological polar surface area (TPSA) is 20.3 Å². The first-order valence-electron chi connectivity index (χ1n) is 6.51. The van der Waals surface area contributed by atoms with Crippen molar-refractivity contribution in [3.8, 4) is 0 Å². The molecule has 0 spiro atoms. The molecule has 16 heavy (non-hydrogen) atoms. The van der Waals surface area contributed by atoms with E-state index in [0.717, 1.165) is 32.4 Å². The molecule has 3 heteroatoms. The van der Waals surface area contributed by atoms with Crippen LogP contribution >= 0.6 is 11.6 Å². The zero-order valence-electron chi connectivity index (χ0n) is 10.2. The molecule has 1 aliphatic carbocycles. The molecule has 0 radical (unpaired) electrons. The van der Waals surface area contributed by atoms with Crippen molar-refractivity contribution < 1.29 is 4.79 Å². The van der Waals surface area contributed by atoms with Gasteiger partial charge in [-0.3, -0.25) is 4.79 Å². The average Bonchev–Trinajstić information content (AvgIpc) is 2.76. The van der Waals surface area contributed by atoms with E-state index in [1.54, 1.807) is 0 Å². The summed E-state index contributed by atoms with van der Waals surface area (Å²) in [6.07, 6.45) is 6.90. The molecular formula is C13H22ClNO. The molecule has 1 atom stereocenters. The number of likely N-dealkylation sites (tertiary alicyclic amines) is 1. The van der Waals surface area contributed by atoms with Crippen LogP contribution in [0.1, 0.15) is 45.4 Å². The van der Waals surface area contributed by atoms with Gasteiger partial charge in [0.15, 0.2) is 0 Å². The maximum atomic E-state index is 12.5. The number of carbonyl (C=O) groups is 1. The van der Waals surface area contributed by atoms with Gasteiger partial charge in [0.1, 0.15) is 0 Å². The Morgan fingerprint density at radius 1 is 1.38 bits per heavy atom. The number of amides is 1. The van der Waals surface area contributed by atoms with Gasteiger partial charge in [-0.15, -0.1) is 11.6 Å². The van der Waals surface area contributed by atoms with Gasteiger partial charge in [-0.05, 0) is 31.6 Å². The number of nitrogens with zero attached hydrogens (tertiary/aromatic N) is 1. The average molecular weight is 244 g/mol. The van der Waals surface area contributed by atoms with E-state index >= 15 is 0 Å². The number of halogens is 1. The van der Waals surface area contributed by atoms with Crippen molar-refractivity contribution in [1.29, 1.82) is 0 Å². The van der Waals surface area contributed by atoms with E-state index < -0.39 is 0 Å². The van der Waals surface area contributed by atoms with Crippen molar-refractivity contribution in [2.24, 2.45) is 11.3 Å². The first-order valence-corrected chi connectivity index (χ1v) is 7.04. The lowest BCUT2D eigenvalue weighted by Crippen LogP contribution is -2.46. The van der Waals surface area contributed by atoms with Gasteiger partial charge >= 0.3 is 0 Å². The normalized spacial score (nSPS) is 29.4. The summed E-state index contributed by atoms with van der Waals surface area (Å²) in [7, 11) is 0. The van der Waals surface area contributed by atoms with E-state index in [4.69, 9.17) is 11.6 Å². The molecule has 0 aromatic rings. The second-order valence-electron chi connectivity index (χ2n) is 5.68. The smallest absolute Gasteiger partial charge is 0.228 e. The molecule has 0 N–H and O–H groups in total. The molecule has 1 aliphatic heterocycles. The van der Waals surface area contributed by atoms with Crippen LogP contribution in [-0.4, -0.2) is 29.8 Å². The summed E-state index contributed by atoms with van der Waals surface area (Å²) < 4.78 is 0. The van der Waals surface area contributed by atoms with Crippen molar-refractivity contribution in [3.05, 3.63) is 0 Å². The van der Waals surface area contributed by atoms with Crippen molar-refractivity contribution in [1.82, 2.24) is 4.90 Å². The van der Waals surface area contributed by atoms with Crippen LogP contribution in [0, 0.1) is 11.3 Å². The van der Waals surface area contributed by atoms with Crippen LogP contribution in [0.3, 0.4) is 0 Å². The second kappa shape index (κ2) is 4.95. The highest BCUT2D eigenvalue weighted by atomic mass is 35.5. The Bertz CT molecular complexity index is 261. The van der Waals surface area contributed by atoms with Gasteiger partial charge in [-0.1, -0.05) is 19.8 Å². The number of carbonyl (C=O) groups excluding carboxylic acids is 1. The van der Waals surface area contributed by atoms with Gasteiger partial charge in [0, 0.05) is 24.4 Å². The highest BCUT2D eigenvalue weighted by Gasteiger charge is 2.40. The summed E-state index contributed by atoms with van der Waals surface area (Å²) in [4.78, 5) is 14.5. The van der Waals surface area contributed by atoms with E-state index in [1.807, 2.05) is 0 Å². The van der Waals surface area contributed by atoms with Crippen LogP contribution in [0.5, 0.6) is 0 Å². The summed E-state index contributed by atoms with van der Waals surface area (Å²) in [5.74, 6) is 1.60. The lowest BCUT2D eigenvalue weighted by Gasteiger charge is -2.37. The lowest BCUT2D eigenvalue weighted by molar-refractivity contribution is -0.142. The first kappa shape index (κ1) is 12.2. The summed E-state index contributed by atoms with van der Waals surface area (Å²) in [5.41, 5.74) is -0.0613. The molecule has 2 aliphatic rings. The van der Waals surface area contributed by atoms with Gasteiger partial charge in [0.25, 0.3) is 0 Å². The van der Waals surface area contributed by atoms with Crippen LogP contribution in [0.15, 0.2) is 0 Å². The number of alkyl halides is 1. The molecule has 1 unspecified atom stereocenters. The number of hydrogen-bond acceptors (Lipinski definition) is 1. The Morgan fingerprint density at radius 3 is 2.69 bits per heavy atom. The summed E-state index contributed by atoms with van der Waals surface area (Å²) in [5, 5.41) is 0. The molecule has 1 saturated carbocycles. The van der Waals surface area contributed by atoms with Crippen LogP contribution in [0.25, 0.3) is 0 Å². The molecule has 92 valence electrons. The van der Waals surface area contributed by atoms with Crippen molar-refractivity contribution >= 4 is 17.5 Å². The quantitative estimate of drug-likeness (QED) is 0.683. The molecule has 2 nitrogen and oxygen atoms in total. The Labute approximate surface area is 103 Å². The minimum atomic E-state index is -0.0613. The zero-order chi connectivity index (χ0) is 11.6. The second-order valence-corrected chi connectivity index (χ2v) is 5.99. The highest BCUT2D eigenvalue weighted by molar-refractivity contribution is 6.18. The van der Waals surface area contributed by atoms with Gasteiger partial charge in [-0.25, -0.2) is 0 Å². The maximum absolute atomic E-state index is 12.5. The van der Waals surface area contributed by atoms with E-state index in [1.165, 1.54) is 19.3 Å². The minimum absolute atomic E-state index is 0.0613. The van der Waals surface area contributed by atoms with Crippen LogP contribution in [-0.2, 0) is 4.79 Å². The number of piperidine rings is 1. The van der Waals surface area contributed by atoms with Gasteiger partial charge in [-0.2, -0.15) is 0 Å². The fraction of sp³-hybridized carbons (Fsp3) is 0.923. The zero-order valence-corrected chi connectivity index (χ0v) is 10.9. The molecule has 0 aromatic heterocycles. The van der Waals surface area contributed by atoms with Gasteiger partial charge in [0.05, 0.1) is 0 Å². The standard InChI is InChI=1S/C13H22ClNO/c1-13(6-2-3-7-13)12(16)15-8-4-5-11(9-14)10-15/h11H,2-10H2,1H3. The lowest BCUT2D eigenvalue weighted by atomic mass is 9.86. The molecule has 0 aromatic carbocycles. The minimum Gasteiger partial charge on any atom is -0.342 e. The Morgan fingerprint density at radius 2 is 2.06 bits per heavy atom. The largest absolute Gasteiger partial charge is 0.342 e. The molecule has 2 fully saturated rings. The van der Waals surface area contributed by atoms with Gasteiger partial charge < -0.3 is 4.90 Å². The molecule has 1 amide bonds. The van der Waals surface area contributed by atoms with E-state index in [0.29, 0.717) is 17.7 Å². The predicted octanol–water partition coefficient (Wildman–Crippen LogP) is 3.04. The third kappa shape index (κ3) is 2.37. The van der Waals surface area contributed by atoms with Gasteiger partial charge in [0.2, 0.25) is 5.91 Å². The van der Waals surface area contributed by atoms with E-state index in [2.05, 4.69) is 11.8 Å². The number of hydrogen-bond donors (Lipinski definition) is 0. The molecule has 0 bridgehead atoms. The number of rotatable bonds is 2. The summed E-state index contributed by atoms with van der Waals surface area (Å²) >= 11 is 5.91. The van der Waals surface area contributed by atoms with Crippen molar-refractivity contribution in [2.75, 3.05) is 19.0 Å². The van der Waals surface area contributed by atoms with Crippen LogP contribution in [0.4, 0.5) is 0 Å². The van der Waals surface area contributed by atoms with E-state index in [9.17, 15) is 4.79 Å². The Hall–Kier alpha value is -0.240. The molecule has 1 saturated heterocycles. The van der Waals surface area contributed by atoms with Crippen LogP contribution in [0.2, 0.25) is 0 Å². The maximum Gasteiger partial charge on any atom is 0.228 e. The fourth-order valence-electron chi connectivity index (χ4n) is 3.13. The predicted molar refractivity (Wildman–Crippen MR) is 66.6 cm³/mol. The Kier molecular flexibility index (Phi) is 3.78. The summed E-state index contributed by atoms with van der Waals surface area (Å²) in [6, 6.07) is 0. The first-order chi connectivity index (χ1) is 7.65. The van der Waals surface area contributed by atoms with E-state index in [-0.39, 0.29) is 5.41 Å². The fourth-order valence-corrected chi connectivity index (χ4v) is 3.38. The Balaban J connectivity index is 1.98. The SMILES string of the molecule is CC1(C(=O)N2CCCC(CCl)C2)CCCC1. The summed E-state index contributed by atoms with van der Waals surface area (Å²) in [6.45, 7) is 3.98. The third-order valence-corrected chi connectivity index (χ3v) is 4.68.